The lowest BCUT2D eigenvalue weighted by Crippen LogP contribution is -2.03. The largest absolute Gasteiger partial charge is 0.383 e. The number of nitrogens with zero attached hydrogens (tertiary/aromatic N) is 2. The number of aromatic nitrogens is 1. The number of hydrogen-bond donors (Lipinski definition) is 0. The highest BCUT2D eigenvalue weighted by Gasteiger charge is 1.99. The fourth-order valence-corrected chi connectivity index (χ4v) is 0.985. The highest BCUT2D eigenvalue weighted by Crippen LogP contribution is 2.09. The molecule has 68 valence electrons. The summed E-state index contributed by atoms with van der Waals surface area (Å²) in [6.07, 6.45) is 5.95. The molecule has 1 aromatic rings. The first kappa shape index (κ1) is 9.45. The van der Waals surface area contributed by atoms with E-state index in [2.05, 4.69) is 4.98 Å². The van der Waals surface area contributed by atoms with Crippen LogP contribution in [0.15, 0.2) is 30.7 Å². The molecule has 0 aliphatic rings. The Hall–Kier alpha value is -1.64. The van der Waals surface area contributed by atoms with Gasteiger partial charge in [0.25, 0.3) is 0 Å². The molecule has 1 aromatic heterocycles. The van der Waals surface area contributed by atoms with Crippen LogP contribution in [-0.2, 0) is 4.79 Å². The Morgan fingerprint density at radius 2 is 2.31 bits per heavy atom. The molecule has 3 heteroatoms. The van der Waals surface area contributed by atoms with Crippen molar-refractivity contribution in [3.05, 3.63) is 36.3 Å². The molecule has 13 heavy (non-hydrogen) atoms. The van der Waals surface area contributed by atoms with Gasteiger partial charge >= 0.3 is 0 Å². The second-order valence-corrected chi connectivity index (χ2v) is 2.91. The average Bonchev–Trinajstić information content (AvgIpc) is 2.15. The van der Waals surface area contributed by atoms with E-state index in [1.165, 1.54) is 0 Å². The van der Waals surface area contributed by atoms with Gasteiger partial charge < -0.3 is 4.90 Å². The fourth-order valence-electron chi connectivity index (χ4n) is 0.985. The number of rotatable bonds is 3. The molecule has 0 fully saturated rings. The Balaban J connectivity index is 2.98. The SMILES string of the molecule is CN(C)/C=C(/C=O)c1cccnc1. The summed E-state index contributed by atoms with van der Waals surface area (Å²) in [5.41, 5.74) is 1.48. The lowest BCUT2D eigenvalue weighted by atomic mass is 10.1. The van der Waals surface area contributed by atoms with Crippen molar-refractivity contribution in [1.29, 1.82) is 0 Å². The van der Waals surface area contributed by atoms with E-state index in [4.69, 9.17) is 0 Å². The van der Waals surface area contributed by atoms with Crippen LogP contribution in [0.2, 0.25) is 0 Å². The maximum atomic E-state index is 10.7. The summed E-state index contributed by atoms with van der Waals surface area (Å²) in [6.45, 7) is 0. The minimum absolute atomic E-state index is 0.637. The van der Waals surface area contributed by atoms with E-state index >= 15 is 0 Å². The third-order valence-electron chi connectivity index (χ3n) is 1.52. The molecule has 3 nitrogen and oxygen atoms in total. The number of pyridine rings is 1. The van der Waals surface area contributed by atoms with E-state index in [9.17, 15) is 4.79 Å². The predicted molar refractivity (Wildman–Crippen MR) is 52.0 cm³/mol. The summed E-state index contributed by atoms with van der Waals surface area (Å²) < 4.78 is 0. The zero-order valence-electron chi connectivity index (χ0n) is 7.77. The summed E-state index contributed by atoms with van der Waals surface area (Å²) in [5.74, 6) is 0. The van der Waals surface area contributed by atoms with Gasteiger partial charge in [-0.2, -0.15) is 0 Å². The van der Waals surface area contributed by atoms with Crippen LogP contribution in [-0.4, -0.2) is 30.3 Å². The maximum Gasteiger partial charge on any atom is 0.152 e. The standard InChI is InChI=1S/C10H12N2O/c1-12(2)7-10(8-13)9-4-3-5-11-6-9/h3-8H,1-2H3/b10-7-. The molecule has 1 heterocycles. The molecule has 0 N–H and O–H groups in total. The molecule has 1 rings (SSSR count). The number of aldehydes is 1. The van der Waals surface area contributed by atoms with Crippen molar-refractivity contribution in [3.8, 4) is 0 Å². The Kier molecular flexibility index (Phi) is 3.20. The first-order valence-corrected chi connectivity index (χ1v) is 3.98. The zero-order valence-corrected chi connectivity index (χ0v) is 7.77. The quantitative estimate of drug-likeness (QED) is 0.512. The molecule has 0 unspecified atom stereocenters. The van der Waals surface area contributed by atoms with Crippen LogP contribution in [0.3, 0.4) is 0 Å². The smallest absolute Gasteiger partial charge is 0.152 e. The molecule has 0 aliphatic carbocycles. The number of hydrogen-bond acceptors (Lipinski definition) is 3. The number of carbonyl (C=O) groups is 1. The van der Waals surface area contributed by atoms with Crippen LogP contribution in [0, 0.1) is 0 Å². The highest BCUT2D eigenvalue weighted by molar-refractivity contribution is 6.06. The Morgan fingerprint density at radius 1 is 1.54 bits per heavy atom. The van der Waals surface area contributed by atoms with Gasteiger partial charge in [0.05, 0.1) is 0 Å². The van der Waals surface area contributed by atoms with Gasteiger partial charge in [-0.1, -0.05) is 6.07 Å². The molecular formula is C10H12N2O. The van der Waals surface area contributed by atoms with Gasteiger partial charge in [0.2, 0.25) is 0 Å². The van der Waals surface area contributed by atoms with Crippen molar-refractivity contribution < 1.29 is 4.79 Å². The molecular weight excluding hydrogens is 164 g/mol. The Bertz CT molecular complexity index is 304. The molecule has 0 aliphatic heterocycles. The topological polar surface area (TPSA) is 33.2 Å². The minimum Gasteiger partial charge on any atom is -0.383 e. The summed E-state index contributed by atoms with van der Waals surface area (Å²) in [6, 6.07) is 3.67. The maximum absolute atomic E-state index is 10.7. The van der Waals surface area contributed by atoms with Gasteiger partial charge in [0.15, 0.2) is 6.29 Å². The molecule has 0 bridgehead atoms. The van der Waals surface area contributed by atoms with Crippen LogP contribution in [0.1, 0.15) is 5.56 Å². The van der Waals surface area contributed by atoms with Crippen LogP contribution < -0.4 is 0 Å². The predicted octanol–water partition coefficient (Wildman–Crippen LogP) is 1.18. The van der Waals surface area contributed by atoms with E-state index in [1.54, 1.807) is 18.6 Å². The zero-order chi connectivity index (χ0) is 9.68. The van der Waals surface area contributed by atoms with E-state index in [1.807, 2.05) is 31.1 Å². The van der Waals surface area contributed by atoms with E-state index in [0.29, 0.717) is 5.57 Å². The van der Waals surface area contributed by atoms with Crippen molar-refractivity contribution in [2.45, 2.75) is 0 Å². The van der Waals surface area contributed by atoms with Crippen LogP contribution >= 0.6 is 0 Å². The van der Waals surface area contributed by atoms with E-state index < -0.39 is 0 Å². The van der Waals surface area contributed by atoms with Gasteiger partial charge in [-0.05, 0) is 6.07 Å². The van der Waals surface area contributed by atoms with Crippen molar-refractivity contribution in [2.75, 3.05) is 14.1 Å². The van der Waals surface area contributed by atoms with Crippen molar-refractivity contribution in [3.63, 3.8) is 0 Å². The molecule has 0 spiro atoms. The molecule has 0 amide bonds. The van der Waals surface area contributed by atoms with Crippen LogP contribution in [0.4, 0.5) is 0 Å². The third kappa shape index (κ3) is 2.71. The lowest BCUT2D eigenvalue weighted by molar-refractivity contribution is -0.103. The molecule has 0 aromatic carbocycles. The normalized spacial score (nSPS) is 11.1. The van der Waals surface area contributed by atoms with Gasteiger partial charge in [-0.3, -0.25) is 9.78 Å². The molecule has 0 atom stereocenters. The second kappa shape index (κ2) is 4.40. The Morgan fingerprint density at radius 3 is 2.77 bits per heavy atom. The van der Waals surface area contributed by atoms with Crippen molar-refractivity contribution in [1.82, 2.24) is 9.88 Å². The van der Waals surface area contributed by atoms with Crippen molar-refractivity contribution >= 4 is 11.9 Å². The van der Waals surface area contributed by atoms with Crippen molar-refractivity contribution in [2.24, 2.45) is 0 Å². The molecule has 0 saturated heterocycles. The van der Waals surface area contributed by atoms with Gasteiger partial charge in [0.1, 0.15) is 0 Å². The number of allylic oxidation sites excluding steroid dienone is 1. The monoisotopic (exact) mass is 176 g/mol. The highest BCUT2D eigenvalue weighted by atomic mass is 16.1. The molecule has 0 saturated carbocycles. The van der Waals surface area contributed by atoms with E-state index in [0.717, 1.165) is 11.8 Å². The van der Waals surface area contributed by atoms with E-state index in [-0.39, 0.29) is 0 Å². The Labute approximate surface area is 77.7 Å². The van der Waals surface area contributed by atoms with Crippen LogP contribution in [0.25, 0.3) is 5.57 Å². The lowest BCUT2D eigenvalue weighted by Gasteiger charge is -2.06. The first-order valence-electron chi connectivity index (χ1n) is 3.98. The summed E-state index contributed by atoms with van der Waals surface area (Å²) in [5, 5.41) is 0. The number of carbonyl (C=O) groups excluding carboxylic acids is 1. The average molecular weight is 176 g/mol. The van der Waals surface area contributed by atoms with Crippen LogP contribution in [0.5, 0.6) is 0 Å². The van der Waals surface area contributed by atoms with Gasteiger partial charge in [-0.15, -0.1) is 0 Å². The van der Waals surface area contributed by atoms with Gasteiger partial charge in [-0.25, -0.2) is 0 Å². The summed E-state index contributed by atoms with van der Waals surface area (Å²) in [4.78, 5) is 16.5. The minimum atomic E-state index is 0.637. The summed E-state index contributed by atoms with van der Waals surface area (Å²) >= 11 is 0. The first-order chi connectivity index (χ1) is 6.24. The second-order valence-electron chi connectivity index (χ2n) is 2.91. The molecule has 0 radical (unpaired) electrons. The summed E-state index contributed by atoms with van der Waals surface area (Å²) in [7, 11) is 3.75. The van der Waals surface area contributed by atoms with Gasteiger partial charge in [0, 0.05) is 43.8 Å². The third-order valence-corrected chi connectivity index (χ3v) is 1.52. The fraction of sp³-hybridized carbons (Fsp3) is 0.200.